The van der Waals surface area contributed by atoms with Crippen molar-refractivity contribution >= 4 is 0 Å². The molecule has 0 fully saturated rings. The van der Waals surface area contributed by atoms with Gasteiger partial charge in [0, 0.05) is 6.54 Å². The van der Waals surface area contributed by atoms with Gasteiger partial charge in [-0.1, -0.05) is 62.4 Å². The lowest BCUT2D eigenvalue weighted by atomic mass is 9.95. The zero-order valence-corrected chi connectivity index (χ0v) is 11.0. The Balaban J connectivity index is 1.93. The van der Waals surface area contributed by atoms with E-state index in [9.17, 15) is 0 Å². The largest absolute Gasteiger partial charge is 0.302 e. The monoisotopic (exact) mass is 237 g/mol. The SMILES string of the molecule is CC(C)c1ccc(C2NCc3ccccc32)cc1. The number of benzene rings is 2. The van der Waals surface area contributed by atoms with Crippen LogP contribution in [0, 0.1) is 0 Å². The van der Waals surface area contributed by atoms with Crippen LogP contribution in [-0.4, -0.2) is 0 Å². The van der Waals surface area contributed by atoms with Crippen molar-refractivity contribution in [3.63, 3.8) is 0 Å². The van der Waals surface area contributed by atoms with Crippen LogP contribution >= 0.6 is 0 Å². The average molecular weight is 237 g/mol. The van der Waals surface area contributed by atoms with Crippen LogP contribution in [-0.2, 0) is 6.54 Å². The van der Waals surface area contributed by atoms with Gasteiger partial charge in [-0.3, -0.25) is 0 Å². The van der Waals surface area contributed by atoms with Crippen LogP contribution < -0.4 is 5.32 Å². The van der Waals surface area contributed by atoms with Crippen LogP contribution in [0.2, 0.25) is 0 Å². The van der Waals surface area contributed by atoms with Gasteiger partial charge in [-0.25, -0.2) is 0 Å². The lowest BCUT2D eigenvalue weighted by molar-refractivity contribution is 0.666. The average Bonchev–Trinajstić information content (AvgIpc) is 2.82. The van der Waals surface area contributed by atoms with Crippen molar-refractivity contribution in [1.29, 1.82) is 0 Å². The molecule has 0 saturated heterocycles. The zero-order valence-electron chi connectivity index (χ0n) is 11.0. The second-order valence-electron chi connectivity index (χ2n) is 5.33. The third kappa shape index (κ3) is 1.95. The maximum atomic E-state index is 3.59. The Morgan fingerprint density at radius 2 is 1.72 bits per heavy atom. The molecule has 0 aliphatic carbocycles. The first-order valence-electron chi connectivity index (χ1n) is 6.67. The molecule has 0 aromatic heterocycles. The summed E-state index contributed by atoms with van der Waals surface area (Å²) in [6.07, 6.45) is 0. The van der Waals surface area contributed by atoms with Gasteiger partial charge in [-0.05, 0) is 28.2 Å². The number of hydrogen-bond acceptors (Lipinski definition) is 1. The van der Waals surface area contributed by atoms with Gasteiger partial charge in [0.1, 0.15) is 0 Å². The Morgan fingerprint density at radius 1 is 1.00 bits per heavy atom. The summed E-state index contributed by atoms with van der Waals surface area (Å²) >= 11 is 0. The minimum atomic E-state index is 0.363. The predicted octanol–water partition coefficient (Wildman–Crippen LogP) is 4.00. The van der Waals surface area contributed by atoms with E-state index < -0.39 is 0 Å². The Morgan fingerprint density at radius 3 is 2.44 bits per heavy atom. The molecule has 1 nitrogen and oxygen atoms in total. The highest BCUT2D eigenvalue weighted by Crippen LogP contribution is 2.31. The molecule has 1 N–H and O–H groups in total. The lowest BCUT2D eigenvalue weighted by Gasteiger charge is -2.14. The van der Waals surface area contributed by atoms with Gasteiger partial charge in [0.25, 0.3) is 0 Å². The summed E-state index contributed by atoms with van der Waals surface area (Å²) in [5.74, 6) is 0.600. The molecule has 1 heterocycles. The van der Waals surface area contributed by atoms with Crippen LogP contribution in [0.4, 0.5) is 0 Å². The summed E-state index contributed by atoms with van der Waals surface area (Å²) in [5, 5.41) is 3.59. The van der Waals surface area contributed by atoms with Gasteiger partial charge in [0.2, 0.25) is 0 Å². The number of nitrogens with one attached hydrogen (secondary N) is 1. The summed E-state index contributed by atoms with van der Waals surface area (Å²) in [6.45, 7) is 5.45. The van der Waals surface area contributed by atoms with Gasteiger partial charge in [-0.15, -0.1) is 0 Å². The molecule has 0 radical (unpaired) electrons. The Bertz CT molecular complexity index is 540. The third-order valence-electron chi connectivity index (χ3n) is 3.80. The van der Waals surface area contributed by atoms with Crippen molar-refractivity contribution in [3.05, 3.63) is 70.8 Å². The Kier molecular flexibility index (Phi) is 2.92. The molecule has 2 aromatic carbocycles. The van der Waals surface area contributed by atoms with E-state index >= 15 is 0 Å². The summed E-state index contributed by atoms with van der Waals surface area (Å²) < 4.78 is 0. The second kappa shape index (κ2) is 4.58. The standard InChI is InChI=1S/C17H19N/c1-12(2)13-7-9-14(10-8-13)17-16-6-4-3-5-15(16)11-18-17/h3-10,12,17-18H,11H2,1-2H3. The zero-order chi connectivity index (χ0) is 12.5. The highest BCUT2D eigenvalue weighted by atomic mass is 14.9. The normalized spacial score (nSPS) is 18.1. The van der Waals surface area contributed by atoms with Crippen LogP contribution in [0.1, 0.15) is 48.1 Å². The number of hydrogen-bond donors (Lipinski definition) is 1. The fraction of sp³-hybridized carbons (Fsp3) is 0.294. The number of rotatable bonds is 2. The first-order chi connectivity index (χ1) is 8.75. The molecule has 2 aromatic rings. The van der Waals surface area contributed by atoms with Crippen molar-refractivity contribution in [2.75, 3.05) is 0 Å². The van der Waals surface area contributed by atoms with Crippen molar-refractivity contribution in [1.82, 2.24) is 5.32 Å². The van der Waals surface area contributed by atoms with E-state index in [1.165, 1.54) is 22.3 Å². The molecule has 0 amide bonds. The van der Waals surface area contributed by atoms with Crippen molar-refractivity contribution in [2.24, 2.45) is 0 Å². The van der Waals surface area contributed by atoms with Crippen LogP contribution in [0.5, 0.6) is 0 Å². The van der Waals surface area contributed by atoms with Gasteiger partial charge in [0.15, 0.2) is 0 Å². The van der Waals surface area contributed by atoms with E-state index in [1.807, 2.05) is 0 Å². The van der Waals surface area contributed by atoms with Crippen molar-refractivity contribution in [2.45, 2.75) is 32.4 Å². The van der Waals surface area contributed by atoms with E-state index in [1.54, 1.807) is 0 Å². The van der Waals surface area contributed by atoms with E-state index in [-0.39, 0.29) is 0 Å². The smallest absolute Gasteiger partial charge is 0.0582 e. The Labute approximate surface area is 109 Å². The molecular weight excluding hydrogens is 218 g/mol. The molecule has 18 heavy (non-hydrogen) atoms. The molecule has 1 heteroatoms. The first kappa shape index (κ1) is 11.5. The third-order valence-corrected chi connectivity index (χ3v) is 3.80. The molecule has 0 spiro atoms. The lowest BCUT2D eigenvalue weighted by Crippen LogP contribution is -2.13. The predicted molar refractivity (Wildman–Crippen MR) is 75.7 cm³/mol. The summed E-state index contributed by atoms with van der Waals surface area (Å²) in [4.78, 5) is 0. The maximum absolute atomic E-state index is 3.59. The molecule has 1 atom stereocenters. The summed E-state index contributed by atoms with van der Waals surface area (Å²) in [6, 6.07) is 18.1. The fourth-order valence-electron chi connectivity index (χ4n) is 2.67. The fourth-order valence-corrected chi connectivity index (χ4v) is 2.67. The molecule has 3 rings (SSSR count). The van der Waals surface area contributed by atoms with Crippen molar-refractivity contribution < 1.29 is 0 Å². The number of fused-ring (bicyclic) bond motifs is 1. The molecule has 92 valence electrons. The quantitative estimate of drug-likeness (QED) is 0.832. The maximum Gasteiger partial charge on any atom is 0.0582 e. The summed E-state index contributed by atoms with van der Waals surface area (Å²) in [5.41, 5.74) is 5.62. The molecule has 1 unspecified atom stereocenters. The minimum Gasteiger partial charge on any atom is -0.302 e. The highest BCUT2D eigenvalue weighted by molar-refractivity contribution is 5.41. The Hall–Kier alpha value is -1.60. The molecule has 0 bridgehead atoms. The van der Waals surface area contributed by atoms with Gasteiger partial charge in [0.05, 0.1) is 6.04 Å². The van der Waals surface area contributed by atoms with E-state index in [4.69, 9.17) is 0 Å². The second-order valence-corrected chi connectivity index (χ2v) is 5.33. The van der Waals surface area contributed by atoms with Crippen LogP contribution in [0.25, 0.3) is 0 Å². The van der Waals surface area contributed by atoms with Gasteiger partial charge in [-0.2, -0.15) is 0 Å². The molecule has 1 aliphatic heterocycles. The van der Waals surface area contributed by atoms with Gasteiger partial charge >= 0.3 is 0 Å². The van der Waals surface area contributed by atoms with Crippen LogP contribution in [0.15, 0.2) is 48.5 Å². The molecule has 0 saturated carbocycles. The highest BCUT2D eigenvalue weighted by Gasteiger charge is 2.22. The topological polar surface area (TPSA) is 12.0 Å². The molecular formula is C17H19N. The van der Waals surface area contributed by atoms with E-state index in [2.05, 4.69) is 67.7 Å². The van der Waals surface area contributed by atoms with E-state index in [0.29, 0.717) is 12.0 Å². The summed E-state index contributed by atoms with van der Waals surface area (Å²) in [7, 11) is 0. The van der Waals surface area contributed by atoms with E-state index in [0.717, 1.165) is 6.54 Å². The first-order valence-corrected chi connectivity index (χ1v) is 6.67. The van der Waals surface area contributed by atoms with Crippen molar-refractivity contribution in [3.8, 4) is 0 Å². The molecule has 1 aliphatic rings. The minimum absolute atomic E-state index is 0.363. The van der Waals surface area contributed by atoms with Crippen LogP contribution in [0.3, 0.4) is 0 Å². The van der Waals surface area contributed by atoms with Gasteiger partial charge < -0.3 is 5.32 Å².